The Balaban J connectivity index is 1.42. The molecule has 1 saturated heterocycles. The van der Waals surface area contributed by atoms with Crippen LogP contribution in [0.4, 0.5) is 23.0 Å². The van der Waals surface area contributed by atoms with Crippen LogP contribution in [0, 0.1) is 0 Å². The van der Waals surface area contributed by atoms with Crippen molar-refractivity contribution in [3.63, 3.8) is 0 Å². The van der Waals surface area contributed by atoms with Gasteiger partial charge in [0.1, 0.15) is 5.69 Å². The Labute approximate surface area is 158 Å². The van der Waals surface area contributed by atoms with E-state index in [2.05, 4.69) is 25.5 Å². The van der Waals surface area contributed by atoms with Crippen LogP contribution in [0.5, 0.6) is 0 Å². The van der Waals surface area contributed by atoms with Crippen LogP contribution >= 0.6 is 0 Å². The van der Waals surface area contributed by atoms with E-state index in [0.29, 0.717) is 11.6 Å². The summed E-state index contributed by atoms with van der Waals surface area (Å²) in [4.78, 5) is 23.4. The van der Waals surface area contributed by atoms with Gasteiger partial charge in [-0.2, -0.15) is 0 Å². The third kappa shape index (κ3) is 4.23. The third-order valence-electron chi connectivity index (χ3n) is 4.51. The lowest BCUT2D eigenvalue weighted by atomic mass is 10.2. The molecule has 1 aliphatic heterocycles. The van der Waals surface area contributed by atoms with Gasteiger partial charge in [-0.15, -0.1) is 0 Å². The number of hydrogen-bond acceptors (Lipinski definition) is 5. The molecule has 0 aliphatic carbocycles. The number of benzene rings is 2. The average molecular weight is 359 g/mol. The molecule has 27 heavy (non-hydrogen) atoms. The third-order valence-corrected chi connectivity index (χ3v) is 4.51. The Bertz CT molecular complexity index is 905. The summed E-state index contributed by atoms with van der Waals surface area (Å²) in [5, 5.41) is 5.99. The number of nitrogens with zero attached hydrogens (tertiary/aromatic N) is 3. The maximum Gasteiger partial charge on any atom is 0.274 e. The van der Waals surface area contributed by atoms with Crippen LogP contribution in [0.2, 0.25) is 0 Å². The fourth-order valence-electron chi connectivity index (χ4n) is 3.12. The SMILES string of the molecule is O=C(Nc1ccc(N2CCCC2)cc1)c1ccnc(Nc2ccccc2)n1. The number of aromatic nitrogens is 2. The fourth-order valence-corrected chi connectivity index (χ4v) is 3.12. The Kier molecular flexibility index (Phi) is 4.96. The number of nitrogens with one attached hydrogen (secondary N) is 2. The highest BCUT2D eigenvalue weighted by Gasteiger charge is 2.13. The van der Waals surface area contributed by atoms with E-state index in [1.54, 1.807) is 12.3 Å². The first-order valence-electron chi connectivity index (χ1n) is 9.09. The van der Waals surface area contributed by atoms with E-state index < -0.39 is 0 Å². The van der Waals surface area contributed by atoms with Crippen LogP contribution in [0.3, 0.4) is 0 Å². The van der Waals surface area contributed by atoms with Gasteiger partial charge in [0.15, 0.2) is 0 Å². The summed E-state index contributed by atoms with van der Waals surface area (Å²) in [6.07, 6.45) is 4.06. The summed E-state index contributed by atoms with van der Waals surface area (Å²) in [6, 6.07) is 19.2. The van der Waals surface area contributed by atoms with Gasteiger partial charge in [-0.25, -0.2) is 9.97 Å². The van der Waals surface area contributed by atoms with Gasteiger partial charge in [0.25, 0.3) is 5.91 Å². The van der Waals surface area contributed by atoms with E-state index in [1.807, 2.05) is 54.6 Å². The van der Waals surface area contributed by atoms with Crippen molar-refractivity contribution >= 4 is 28.9 Å². The number of rotatable bonds is 5. The molecule has 0 spiro atoms. The molecule has 2 aromatic carbocycles. The zero-order chi connectivity index (χ0) is 18.5. The van der Waals surface area contributed by atoms with Crippen LogP contribution in [-0.2, 0) is 0 Å². The number of carbonyl (C=O) groups is 1. The smallest absolute Gasteiger partial charge is 0.274 e. The molecule has 6 nitrogen and oxygen atoms in total. The second kappa shape index (κ2) is 7.86. The minimum atomic E-state index is -0.262. The van der Waals surface area contributed by atoms with Crippen molar-refractivity contribution in [3.8, 4) is 0 Å². The van der Waals surface area contributed by atoms with Crippen molar-refractivity contribution in [2.24, 2.45) is 0 Å². The van der Waals surface area contributed by atoms with Gasteiger partial charge in [0.2, 0.25) is 5.95 Å². The predicted octanol–water partition coefficient (Wildman–Crippen LogP) is 4.07. The molecule has 1 amide bonds. The molecule has 0 unspecified atom stereocenters. The second-order valence-corrected chi connectivity index (χ2v) is 6.45. The van der Waals surface area contributed by atoms with Gasteiger partial charge < -0.3 is 15.5 Å². The Morgan fingerprint density at radius 3 is 2.37 bits per heavy atom. The van der Waals surface area contributed by atoms with Crippen LogP contribution in [0.25, 0.3) is 0 Å². The molecule has 0 bridgehead atoms. The van der Waals surface area contributed by atoms with E-state index in [1.165, 1.54) is 18.5 Å². The summed E-state index contributed by atoms with van der Waals surface area (Å²) in [5.41, 5.74) is 3.13. The quantitative estimate of drug-likeness (QED) is 0.718. The predicted molar refractivity (Wildman–Crippen MR) is 108 cm³/mol. The summed E-state index contributed by atoms with van der Waals surface area (Å²) in [7, 11) is 0. The first kappa shape index (κ1) is 17.0. The molecular formula is C21H21N5O. The highest BCUT2D eigenvalue weighted by Crippen LogP contribution is 2.22. The van der Waals surface area contributed by atoms with Gasteiger partial charge >= 0.3 is 0 Å². The van der Waals surface area contributed by atoms with Gasteiger partial charge in [0, 0.05) is 36.3 Å². The maximum absolute atomic E-state index is 12.5. The molecule has 3 aromatic rings. The highest BCUT2D eigenvalue weighted by molar-refractivity contribution is 6.03. The van der Waals surface area contributed by atoms with E-state index in [4.69, 9.17) is 0 Å². The summed E-state index contributed by atoms with van der Waals surface area (Å²) in [5.74, 6) is 0.126. The zero-order valence-corrected chi connectivity index (χ0v) is 14.9. The number of carbonyl (C=O) groups excluding carboxylic acids is 1. The molecule has 0 radical (unpaired) electrons. The largest absolute Gasteiger partial charge is 0.372 e. The van der Waals surface area contributed by atoms with Crippen LogP contribution in [0.15, 0.2) is 66.9 Å². The Hall–Kier alpha value is -3.41. The average Bonchev–Trinajstić information content (AvgIpc) is 3.24. The van der Waals surface area contributed by atoms with Gasteiger partial charge in [0.05, 0.1) is 0 Å². The Morgan fingerprint density at radius 2 is 1.63 bits per heavy atom. The van der Waals surface area contributed by atoms with Crippen molar-refractivity contribution in [2.45, 2.75) is 12.8 Å². The van der Waals surface area contributed by atoms with Gasteiger partial charge in [-0.05, 0) is 55.3 Å². The number of anilines is 4. The molecule has 6 heteroatoms. The van der Waals surface area contributed by atoms with Gasteiger partial charge in [-0.1, -0.05) is 18.2 Å². The summed E-state index contributed by atoms with van der Waals surface area (Å²) < 4.78 is 0. The van der Waals surface area contributed by atoms with Crippen molar-refractivity contribution in [2.75, 3.05) is 28.6 Å². The van der Waals surface area contributed by atoms with Crippen LogP contribution in [-0.4, -0.2) is 29.0 Å². The zero-order valence-electron chi connectivity index (χ0n) is 14.9. The molecule has 2 N–H and O–H groups in total. The number of hydrogen-bond donors (Lipinski definition) is 2. The molecule has 1 fully saturated rings. The second-order valence-electron chi connectivity index (χ2n) is 6.45. The van der Waals surface area contributed by atoms with E-state index in [9.17, 15) is 4.79 Å². The molecule has 4 rings (SSSR count). The summed E-state index contributed by atoms with van der Waals surface area (Å²) >= 11 is 0. The first-order valence-corrected chi connectivity index (χ1v) is 9.09. The lowest BCUT2D eigenvalue weighted by Gasteiger charge is -2.17. The first-order chi connectivity index (χ1) is 13.3. The molecular weight excluding hydrogens is 338 g/mol. The van der Waals surface area contributed by atoms with E-state index >= 15 is 0 Å². The number of amides is 1. The van der Waals surface area contributed by atoms with Crippen molar-refractivity contribution in [3.05, 3.63) is 72.6 Å². The standard InChI is InChI=1S/C21H21N5O/c27-20(23-17-8-10-18(11-9-17)26-14-4-5-15-26)19-12-13-22-21(25-19)24-16-6-2-1-3-7-16/h1-3,6-13H,4-5,14-15H2,(H,23,27)(H,22,24,25). The maximum atomic E-state index is 12.5. The molecule has 0 atom stereocenters. The monoisotopic (exact) mass is 359 g/mol. The minimum Gasteiger partial charge on any atom is -0.372 e. The van der Waals surface area contributed by atoms with Crippen molar-refractivity contribution in [1.29, 1.82) is 0 Å². The topological polar surface area (TPSA) is 70.2 Å². The Morgan fingerprint density at radius 1 is 0.889 bits per heavy atom. The van der Waals surface area contributed by atoms with Crippen LogP contribution in [0.1, 0.15) is 23.3 Å². The highest BCUT2D eigenvalue weighted by atomic mass is 16.1. The fraction of sp³-hybridized carbons (Fsp3) is 0.190. The van der Waals surface area contributed by atoms with E-state index in [-0.39, 0.29) is 5.91 Å². The lowest BCUT2D eigenvalue weighted by molar-refractivity contribution is 0.102. The normalized spacial score (nSPS) is 13.4. The lowest BCUT2D eigenvalue weighted by Crippen LogP contribution is -2.18. The minimum absolute atomic E-state index is 0.262. The summed E-state index contributed by atoms with van der Waals surface area (Å²) in [6.45, 7) is 2.20. The molecule has 1 aliphatic rings. The van der Waals surface area contributed by atoms with Gasteiger partial charge in [-0.3, -0.25) is 4.79 Å². The van der Waals surface area contributed by atoms with Crippen molar-refractivity contribution in [1.82, 2.24) is 9.97 Å². The molecule has 0 saturated carbocycles. The van der Waals surface area contributed by atoms with E-state index in [0.717, 1.165) is 24.5 Å². The van der Waals surface area contributed by atoms with Crippen molar-refractivity contribution < 1.29 is 4.79 Å². The molecule has 1 aromatic heterocycles. The number of para-hydroxylation sites is 1. The van der Waals surface area contributed by atoms with Crippen LogP contribution < -0.4 is 15.5 Å². The molecule has 136 valence electrons. The molecule has 2 heterocycles.